The maximum Gasteiger partial charge on any atom is 0.326 e. The molecule has 0 aliphatic heterocycles. The van der Waals surface area contributed by atoms with E-state index in [1.165, 1.54) is 6.92 Å². The van der Waals surface area contributed by atoms with E-state index in [1.54, 1.807) is 24.4 Å². The van der Waals surface area contributed by atoms with Crippen LogP contribution in [0.15, 0.2) is 36.5 Å². The van der Waals surface area contributed by atoms with Gasteiger partial charge in [0.15, 0.2) is 0 Å². The quantitative estimate of drug-likeness (QED) is 0.847. The predicted octanol–water partition coefficient (Wildman–Crippen LogP) is 1.79. The van der Waals surface area contributed by atoms with Gasteiger partial charge < -0.3 is 15.2 Å². The summed E-state index contributed by atoms with van der Waals surface area (Å²) in [6.07, 6.45) is 1.74. The van der Waals surface area contributed by atoms with Crippen LogP contribution in [0.25, 0.3) is 10.9 Å². The standard InChI is InChI=1S/C16H16N2O4/c1-10(19)7-8-13(16(21)22)18-15(20)12-6-2-4-11-5-3-9-17-14(11)12/h2-6,9,13H,7-8H2,1H3,(H,18,20)(H,21,22)/t13-/m0/s1. The van der Waals surface area contributed by atoms with Crippen molar-refractivity contribution in [1.29, 1.82) is 0 Å². The molecule has 1 amide bonds. The van der Waals surface area contributed by atoms with Crippen molar-refractivity contribution in [3.63, 3.8) is 0 Å². The number of aromatic nitrogens is 1. The number of hydrogen-bond acceptors (Lipinski definition) is 4. The van der Waals surface area contributed by atoms with Crippen LogP contribution in [0, 0.1) is 0 Å². The van der Waals surface area contributed by atoms with E-state index in [-0.39, 0.29) is 18.6 Å². The van der Waals surface area contributed by atoms with Gasteiger partial charge in [0.1, 0.15) is 11.8 Å². The maximum absolute atomic E-state index is 12.3. The minimum Gasteiger partial charge on any atom is -0.480 e. The van der Waals surface area contributed by atoms with Crippen molar-refractivity contribution in [1.82, 2.24) is 10.3 Å². The Bertz CT molecular complexity index is 722. The average molecular weight is 300 g/mol. The summed E-state index contributed by atoms with van der Waals surface area (Å²) in [4.78, 5) is 38.7. The fourth-order valence-corrected chi connectivity index (χ4v) is 2.13. The van der Waals surface area contributed by atoms with Crippen molar-refractivity contribution >= 4 is 28.6 Å². The van der Waals surface area contributed by atoms with Gasteiger partial charge in [0.05, 0.1) is 11.1 Å². The second-order valence-electron chi connectivity index (χ2n) is 4.99. The number of Topliss-reactive ketones (excluding diaryl/α,β-unsaturated/α-hetero) is 1. The molecule has 0 fully saturated rings. The molecule has 0 unspecified atom stereocenters. The van der Waals surface area contributed by atoms with E-state index in [9.17, 15) is 14.4 Å². The first-order valence-corrected chi connectivity index (χ1v) is 6.86. The van der Waals surface area contributed by atoms with Gasteiger partial charge in [0.25, 0.3) is 5.91 Å². The number of hydrogen-bond donors (Lipinski definition) is 2. The Balaban J connectivity index is 2.22. The van der Waals surface area contributed by atoms with Gasteiger partial charge in [-0.2, -0.15) is 0 Å². The van der Waals surface area contributed by atoms with Crippen molar-refractivity contribution in [3.8, 4) is 0 Å². The normalized spacial score (nSPS) is 11.9. The van der Waals surface area contributed by atoms with Crippen LogP contribution < -0.4 is 5.32 Å². The van der Waals surface area contributed by atoms with E-state index in [1.807, 2.05) is 12.1 Å². The van der Waals surface area contributed by atoms with E-state index < -0.39 is 17.9 Å². The number of benzene rings is 1. The highest BCUT2D eigenvalue weighted by molar-refractivity contribution is 6.06. The molecule has 1 aromatic carbocycles. The van der Waals surface area contributed by atoms with Gasteiger partial charge in [-0.3, -0.25) is 9.78 Å². The molecule has 6 nitrogen and oxygen atoms in total. The Morgan fingerprint density at radius 1 is 1.23 bits per heavy atom. The third-order valence-corrected chi connectivity index (χ3v) is 3.27. The molecular formula is C16H16N2O4. The number of amides is 1. The molecule has 1 atom stereocenters. The first kappa shape index (κ1) is 15.6. The van der Waals surface area contributed by atoms with Crippen LogP contribution in [-0.4, -0.2) is 33.8 Å². The maximum atomic E-state index is 12.3. The molecule has 2 N–H and O–H groups in total. The van der Waals surface area contributed by atoms with Gasteiger partial charge in [0, 0.05) is 18.0 Å². The minimum absolute atomic E-state index is 0.0641. The average Bonchev–Trinajstić information content (AvgIpc) is 2.50. The number of fused-ring (bicyclic) bond motifs is 1. The van der Waals surface area contributed by atoms with Crippen LogP contribution in [0.3, 0.4) is 0 Å². The largest absolute Gasteiger partial charge is 0.480 e. The van der Waals surface area contributed by atoms with Crippen LogP contribution >= 0.6 is 0 Å². The molecule has 1 heterocycles. The van der Waals surface area contributed by atoms with Gasteiger partial charge in [-0.05, 0) is 25.5 Å². The molecule has 114 valence electrons. The first-order valence-electron chi connectivity index (χ1n) is 6.86. The lowest BCUT2D eigenvalue weighted by Gasteiger charge is -2.14. The zero-order valence-electron chi connectivity index (χ0n) is 12.1. The predicted molar refractivity (Wildman–Crippen MR) is 80.5 cm³/mol. The highest BCUT2D eigenvalue weighted by Crippen LogP contribution is 2.16. The van der Waals surface area contributed by atoms with Crippen LogP contribution in [0.1, 0.15) is 30.1 Å². The molecule has 0 aliphatic carbocycles. The fourth-order valence-electron chi connectivity index (χ4n) is 2.13. The van der Waals surface area contributed by atoms with Gasteiger partial charge >= 0.3 is 5.97 Å². The smallest absolute Gasteiger partial charge is 0.326 e. The Morgan fingerprint density at radius 2 is 1.95 bits per heavy atom. The highest BCUT2D eigenvalue weighted by Gasteiger charge is 2.22. The lowest BCUT2D eigenvalue weighted by molar-refractivity contribution is -0.139. The molecule has 2 rings (SSSR count). The van der Waals surface area contributed by atoms with E-state index in [2.05, 4.69) is 10.3 Å². The van der Waals surface area contributed by atoms with Crippen LogP contribution in [0.2, 0.25) is 0 Å². The molecule has 6 heteroatoms. The van der Waals surface area contributed by atoms with Crippen molar-refractivity contribution < 1.29 is 19.5 Å². The molecule has 0 aliphatic rings. The number of carbonyl (C=O) groups is 3. The lowest BCUT2D eigenvalue weighted by Crippen LogP contribution is -2.41. The zero-order valence-corrected chi connectivity index (χ0v) is 12.1. The Kier molecular flexibility index (Phi) is 4.83. The third-order valence-electron chi connectivity index (χ3n) is 3.27. The summed E-state index contributed by atoms with van der Waals surface area (Å²) in [5, 5.41) is 12.4. The summed E-state index contributed by atoms with van der Waals surface area (Å²) in [5.74, 6) is -1.80. The summed E-state index contributed by atoms with van der Waals surface area (Å²) in [5.41, 5.74) is 0.824. The number of aliphatic carboxylic acids is 1. The lowest BCUT2D eigenvalue weighted by atomic mass is 10.1. The number of pyridine rings is 1. The number of ketones is 1. The van der Waals surface area contributed by atoms with Crippen molar-refractivity contribution in [2.75, 3.05) is 0 Å². The van der Waals surface area contributed by atoms with Crippen molar-refractivity contribution in [2.45, 2.75) is 25.8 Å². The number of nitrogens with zero attached hydrogens (tertiary/aromatic N) is 1. The monoisotopic (exact) mass is 300 g/mol. The SMILES string of the molecule is CC(=O)CC[C@H](NC(=O)c1cccc2cccnc12)C(=O)O. The number of carboxylic acid groups (broad SMARTS) is 1. The van der Waals surface area contributed by atoms with E-state index in [4.69, 9.17) is 5.11 Å². The molecule has 22 heavy (non-hydrogen) atoms. The topological polar surface area (TPSA) is 96.4 Å². The molecule has 0 bridgehead atoms. The van der Waals surface area contributed by atoms with E-state index in [0.717, 1.165) is 5.39 Å². The highest BCUT2D eigenvalue weighted by atomic mass is 16.4. The summed E-state index contributed by atoms with van der Waals surface area (Å²) in [6.45, 7) is 1.38. The van der Waals surface area contributed by atoms with Crippen LogP contribution in [0.4, 0.5) is 0 Å². The van der Waals surface area contributed by atoms with E-state index in [0.29, 0.717) is 11.1 Å². The van der Waals surface area contributed by atoms with E-state index >= 15 is 0 Å². The number of rotatable bonds is 6. The van der Waals surface area contributed by atoms with Crippen LogP contribution in [-0.2, 0) is 9.59 Å². The minimum atomic E-state index is -1.16. The summed E-state index contributed by atoms with van der Waals surface area (Å²) >= 11 is 0. The number of para-hydroxylation sites is 1. The molecular weight excluding hydrogens is 284 g/mol. The van der Waals surface area contributed by atoms with Gasteiger partial charge in [-0.1, -0.05) is 18.2 Å². The van der Waals surface area contributed by atoms with Gasteiger partial charge in [-0.25, -0.2) is 4.79 Å². The Hall–Kier alpha value is -2.76. The summed E-state index contributed by atoms with van der Waals surface area (Å²) < 4.78 is 0. The third kappa shape index (κ3) is 3.66. The molecule has 0 saturated carbocycles. The molecule has 0 saturated heterocycles. The zero-order chi connectivity index (χ0) is 16.1. The van der Waals surface area contributed by atoms with Gasteiger partial charge in [-0.15, -0.1) is 0 Å². The number of nitrogens with one attached hydrogen (secondary N) is 1. The summed E-state index contributed by atoms with van der Waals surface area (Å²) in [7, 11) is 0. The molecule has 0 spiro atoms. The molecule has 0 radical (unpaired) electrons. The van der Waals surface area contributed by atoms with Crippen LogP contribution in [0.5, 0.6) is 0 Å². The number of carboxylic acids is 1. The second kappa shape index (κ2) is 6.80. The van der Waals surface area contributed by atoms with Crippen molar-refractivity contribution in [2.24, 2.45) is 0 Å². The number of carbonyl (C=O) groups excluding carboxylic acids is 2. The fraction of sp³-hybridized carbons (Fsp3) is 0.250. The Labute approximate surface area is 127 Å². The molecule has 1 aromatic heterocycles. The summed E-state index contributed by atoms with van der Waals surface area (Å²) in [6, 6.07) is 7.61. The molecule has 2 aromatic rings. The Morgan fingerprint density at radius 3 is 2.64 bits per heavy atom. The second-order valence-corrected chi connectivity index (χ2v) is 4.99. The van der Waals surface area contributed by atoms with Crippen molar-refractivity contribution in [3.05, 3.63) is 42.1 Å². The van der Waals surface area contributed by atoms with Gasteiger partial charge in [0.2, 0.25) is 0 Å². The first-order chi connectivity index (χ1) is 10.5.